The molecule has 1 atom stereocenters. The largest absolute Gasteiger partial charge is 0.486 e. The van der Waals surface area contributed by atoms with Gasteiger partial charge in [0.1, 0.15) is 24.8 Å². The Morgan fingerprint density at radius 1 is 1.06 bits per heavy atom. The van der Waals surface area contributed by atoms with Gasteiger partial charge in [0.05, 0.1) is 23.3 Å². The van der Waals surface area contributed by atoms with E-state index in [0.29, 0.717) is 60.9 Å². The Morgan fingerprint density at radius 3 is 2.81 bits per heavy atom. The summed E-state index contributed by atoms with van der Waals surface area (Å²) in [7, 11) is 0. The number of ether oxygens (including phenoxy) is 2. The first-order valence-electron chi connectivity index (χ1n) is 11.9. The molecule has 4 heterocycles. The summed E-state index contributed by atoms with van der Waals surface area (Å²) in [6.45, 7) is 2.04. The summed E-state index contributed by atoms with van der Waals surface area (Å²) < 4.78 is 41.2. The third-order valence-electron chi connectivity index (χ3n) is 6.71. The zero-order valence-corrected chi connectivity index (χ0v) is 19.4. The maximum absolute atomic E-state index is 14.5. The van der Waals surface area contributed by atoms with Gasteiger partial charge in [-0.1, -0.05) is 6.07 Å². The van der Waals surface area contributed by atoms with Gasteiger partial charge < -0.3 is 19.7 Å². The van der Waals surface area contributed by atoms with Crippen molar-refractivity contribution >= 4 is 17.1 Å². The number of anilines is 1. The number of fused-ring (bicyclic) bond motifs is 2. The molecule has 0 radical (unpaired) electrons. The first-order valence-corrected chi connectivity index (χ1v) is 11.9. The fourth-order valence-corrected chi connectivity index (χ4v) is 4.97. The van der Waals surface area contributed by atoms with Gasteiger partial charge in [0, 0.05) is 30.5 Å². The van der Waals surface area contributed by atoms with Crippen molar-refractivity contribution < 1.29 is 23.0 Å². The van der Waals surface area contributed by atoms with Gasteiger partial charge in [-0.2, -0.15) is 5.10 Å². The van der Waals surface area contributed by atoms with E-state index < -0.39 is 11.6 Å². The van der Waals surface area contributed by atoms with Gasteiger partial charge >= 0.3 is 0 Å². The number of nitrogens with zero attached hydrogens (tertiary/aromatic N) is 3. The predicted octanol–water partition coefficient (Wildman–Crippen LogP) is 4.66. The van der Waals surface area contributed by atoms with Crippen LogP contribution in [0.1, 0.15) is 40.4 Å². The standard InChI is InChI=1S/C27H24F2N4O3/c28-18-4-5-22(29)20(13-18)23-2-1-8-32(23)19-7-9-33-24(14-19)21(16-31-33)27(34)30-15-17-3-6-25-26(12-17)36-11-10-35-25/h3-7,9,12-14,16,23H,1-2,8,10-11,15H2,(H,30,34). The van der Waals surface area contributed by atoms with Gasteiger partial charge in [0.25, 0.3) is 5.91 Å². The van der Waals surface area contributed by atoms with Crippen molar-refractivity contribution in [2.75, 3.05) is 24.7 Å². The van der Waals surface area contributed by atoms with Crippen LogP contribution in [0.2, 0.25) is 0 Å². The lowest BCUT2D eigenvalue weighted by Crippen LogP contribution is -2.24. The van der Waals surface area contributed by atoms with Crippen LogP contribution in [-0.4, -0.2) is 35.3 Å². The molecule has 2 aliphatic rings. The van der Waals surface area contributed by atoms with Crippen LogP contribution >= 0.6 is 0 Å². The smallest absolute Gasteiger partial charge is 0.255 e. The SMILES string of the molecule is O=C(NCc1ccc2c(c1)OCCO2)c1cnn2ccc(N3CCCC3c3cc(F)ccc3F)cc12. The molecule has 1 N–H and O–H groups in total. The van der Waals surface area contributed by atoms with Crippen molar-refractivity contribution in [3.05, 3.63) is 89.2 Å². The quantitative estimate of drug-likeness (QED) is 0.441. The fraction of sp³-hybridized carbons (Fsp3) is 0.259. The van der Waals surface area contributed by atoms with E-state index in [4.69, 9.17) is 9.47 Å². The maximum Gasteiger partial charge on any atom is 0.255 e. The highest BCUT2D eigenvalue weighted by Gasteiger charge is 2.29. The topological polar surface area (TPSA) is 68.1 Å². The average molecular weight is 491 g/mol. The molecule has 7 nitrogen and oxygen atoms in total. The number of halogens is 2. The van der Waals surface area contributed by atoms with E-state index in [-0.39, 0.29) is 11.9 Å². The van der Waals surface area contributed by atoms with Crippen LogP contribution < -0.4 is 19.7 Å². The number of pyridine rings is 1. The molecule has 2 aromatic carbocycles. The number of hydrogen-bond donors (Lipinski definition) is 1. The molecule has 6 rings (SSSR count). The van der Waals surface area contributed by atoms with Crippen LogP contribution in [0, 0.1) is 11.6 Å². The zero-order valence-electron chi connectivity index (χ0n) is 19.4. The Bertz CT molecular complexity index is 1450. The van der Waals surface area contributed by atoms with Crippen LogP contribution in [0.3, 0.4) is 0 Å². The molecule has 0 bridgehead atoms. The fourth-order valence-electron chi connectivity index (χ4n) is 4.97. The molecular formula is C27H24F2N4O3. The molecule has 1 unspecified atom stereocenters. The first kappa shape index (κ1) is 22.3. The van der Waals surface area contributed by atoms with Gasteiger partial charge in [-0.05, 0) is 60.9 Å². The van der Waals surface area contributed by atoms with Crippen LogP contribution in [0.4, 0.5) is 14.5 Å². The highest BCUT2D eigenvalue weighted by molar-refractivity contribution is 6.01. The van der Waals surface area contributed by atoms with Gasteiger partial charge in [0.2, 0.25) is 0 Å². The molecule has 0 aliphatic carbocycles. The van der Waals surface area contributed by atoms with Crippen molar-refractivity contribution in [1.82, 2.24) is 14.9 Å². The van der Waals surface area contributed by atoms with Gasteiger partial charge in [-0.3, -0.25) is 4.79 Å². The summed E-state index contributed by atoms with van der Waals surface area (Å²) in [5, 5.41) is 7.26. The summed E-state index contributed by atoms with van der Waals surface area (Å²) in [4.78, 5) is 15.1. The summed E-state index contributed by atoms with van der Waals surface area (Å²) in [5.74, 6) is 0.235. The Morgan fingerprint density at radius 2 is 1.92 bits per heavy atom. The van der Waals surface area contributed by atoms with E-state index in [2.05, 4.69) is 15.3 Å². The lowest BCUT2D eigenvalue weighted by Gasteiger charge is -2.27. The van der Waals surface area contributed by atoms with E-state index in [1.54, 1.807) is 10.7 Å². The van der Waals surface area contributed by atoms with E-state index in [1.165, 1.54) is 18.3 Å². The highest BCUT2D eigenvalue weighted by atomic mass is 19.1. The minimum atomic E-state index is -0.457. The monoisotopic (exact) mass is 490 g/mol. The lowest BCUT2D eigenvalue weighted by atomic mass is 10.0. The van der Waals surface area contributed by atoms with E-state index in [1.807, 2.05) is 30.3 Å². The van der Waals surface area contributed by atoms with E-state index in [9.17, 15) is 13.6 Å². The second-order valence-electron chi connectivity index (χ2n) is 8.95. The summed E-state index contributed by atoms with van der Waals surface area (Å²) in [6, 6.07) is 12.6. The molecule has 1 amide bonds. The van der Waals surface area contributed by atoms with E-state index in [0.717, 1.165) is 23.7 Å². The molecule has 0 spiro atoms. The normalized spacial score (nSPS) is 16.9. The van der Waals surface area contributed by atoms with Crippen molar-refractivity contribution in [2.24, 2.45) is 0 Å². The predicted molar refractivity (Wildman–Crippen MR) is 129 cm³/mol. The van der Waals surface area contributed by atoms with Crippen molar-refractivity contribution in [1.29, 1.82) is 0 Å². The molecule has 9 heteroatoms. The maximum atomic E-state index is 14.5. The molecule has 2 aliphatic heterocycles. The number of benzene rings is 2. The third kappa shape index (κ3) is 4.10. The molecule has 0 saturated carbocycles. The number of carbonyl (C=O) groups is 1. The number of nitrogens with one attached hydrogen (secondary N) is 1. The Balaban J connectivity index is 1.23. The first-order chi connectivity index (χ1) is 17.6. The molecule has 1 fully saturated rings. The molecule has 184 valence electrons. The molecule has 36 heavy (non-hydrogen) atoms. The van der Waals surface area contributed by atoms with Gasteiger partial charge in [-0.15, -0.1) is 0 Å². The number of aromatic nitrogens is 2. The second-order valence-corrected chi connectivity index (χ2v) is 8.95. The van der Waals surface area contributed by atoms with E-state index >= 15 is 0 Å². The van der Waals surface area contributed by atoms with Crippen LogP contribution in [-0.2, 0) is 6.54 Å². The summed E-state index contributed by atoms with van der Waals surface area (Å²) in [6.07, 6.45) is 4.88. The van der Waals surface area contributed by atoms with Gasteiger partial charge in [-0.25, -0.2) is 13.3 Å². The molecule has 4 aromatic rings. The minimum Gasteiger partial charge on any atom is -0.486 e. The third-order valence-corrected chi connectivity index (χ3v) is 6.71. The van der Waals surface area contributed by atoms with Crippen molar-refractivity contribution in [3.63, 3.8) is 0 Å². The molecule has 2 aromatic heterocycles. The molecular weight excluding hydrogens is 466 g/mol. The number of carbonyl (C=O) groups excluding carboxylic acids is 1. The number of rotatable bonds is 5. The zero-order chi connectivity index (χ0) is 24.6. The molecule has 1 saturated heterocycles. The number of hydrogen-bond acceptors (Lipinski definition) is 5. The van der Waals surface area contributed by atoms with Crippen LogP contribution in [0.5, 0.6) is 11.5 Å². The second kappa shape index (κ2) is 9.14. The van der Waals surface area contributed by atoms with Crippen LogP contribution in [0.15, 0.2) is 60.9 Å². The number of amides is 1. The van der Waals surface area contributed by atoms with Crippen molar-refractivity contribution in [2.45, 2.75) is 25.4 Å². The highest BCUT2D eigenvalue weighted by Crippen LogP contribution is 2.38. The average Bonchev–Trinajstić information content (AvgIpc) is 3.55. The minimum absolute atomic E-state index is 0.258. The van der Waals surface area contributed by atoms with Gasteiger partial charge in [0.15, 0.2) is 11.5 Å². The summed E-state index contributed by atoms with van der Waals surface area (Å²) in [5.41, 5.74) is 3.13. The Labute approximate surface area is 206 Å². The Kier molecular flexibility index (Phi) is 5.67. The summed E-state index contributed by atoms with van der Waals surface area (Å²) >= 11 is 0. The van der Waals surface area contributed by atoms with Crippen molar-refractivity contribution in [3.8, 4) is 11.5 Å². The van der Waals surface area contributed by atoms with Crippen LogP contribution in [0.25, 0.3) is 5.52 Å². The lowest BCUT2D eigenvalue weighted by molar-refractivity contribution is 0.0952. The Hall–Kier alpha value is -4.14.